The third-order valence-electron chi connectivity index (χ3n) is 1.51. The van der Waals surface area contributed by atoms with Gasteiger partial charge in [-0.25, -0.2) is 0 Å². The third-order valence-corrected chi connectivity index (χ3v) is 1.51. The van der Waals surface area contributed by atoms with Crippen molar-refractivity contribution >= 4 is 0 Å². The summed E-state index contributed by atoms with van der Waals surface area (Å²) in [5.74, 6) is 0.384. The van der Waals surface area contributed by atoms with Crippen LogP contribution in [0.25, 0.3) is 0 Å². The summed E-state index contributed by atoms with van der Waals surface area (Å²) < 4.78 is 5.02. The second-order valence-electron chi connectivity index (χ2n) is 2.12. The Kier molecular flexibility index (Phi) is 4.67. The van der Waals surface area contributed by atoms with Crippen LogP contribution < -0.4 is 0 Å². The van der Waals surface area contributed by atoms with Crippen LogP contribution in [0.5, 0.6) is 0 Å². The van der Waals surface area contributed by atoms with Crippen LogP contribution in [0.1, 0.15) is 0 Å². The summed E-state index contributed by atoms with van der Waals surface area (Å²) in [6.07, 6.45) is 8.27. The van der Waals surface area contributed by atoms with E-state index in [-0.39, 0.29) is 22.6 Å². The predicted molar refractivity (Wildman–Crippen MR) is 37.9 cm³/mol. The van der Waals surface area contributed by atoms with Crippen molar-refractivity contribution in [2.45, 2.75) is 6.10 Å². The maximum absolute atomic E-state index is 5.02. The van der Waals surface area contributed by atoms with Gasteiger partial charge >= 0.3 is 0 Å². The zero-order valence-electron chi connectivity index (χ0n) is 5.90. The molecule has 0 N–H and O–H groups in total. The number of allylic oxidation sites excluding steroid dienone is 2. The summed E-state index contributed by atoms with van der Waals surface area (Å²) in [6.45, 7) is 3.81. The van der Waals surface area contributed by atoms with Crippen molar-refractivity contribution in [1.29, 1.82) is 0 Å². The first-order chi connectivity index (χ1) is 4.34. The van der Waals surface area contributed by atoms with Gasteiger partial charge in [-0.2, -0.15) is 0 Å². The number of rotatable bonds is 2. The summed E-state index contributed by atoms with van der Waals surface area (Å²) in [5, 5.41) is 0. The summed E-state index contributed by atoms with van der Waals surface area (Å²) in [6, 6.07) is 0. The molecule has 1 unspecified atom stereocenters. The van der Waals surface area contributed by atoms with Crippen LogP contribution >= 0.6 is 0 Å². The molecule has 0 aromatic rings. The molecule has 0 bridgehead atoms. The van der Waals surface area contributed by atoms with Gasteiger partial charge in [0.15, 0.2) is 0 Å². The molecule has 0 saturated carbocycles. The van der Waals surface area contributed by atoms with E-state index in [4.69, 9.17) is 4.74 Å². The zero-order chi connectivity index (χ0) is 6.69. The van der Waals surface area contributed by atoms with Crippen LogP contribution in [-0.2, 0) is 21.2 Å². The van der Waals surface area contributed by atoms with Gasteiger partial charge < -0.3 is 4.74 Å². The first-order valence-electron chi connectivity index (χ1n) is 3.05. The van der Waals surface area contributed by atoms with Gasteiger partial charge in [0.2, 0.25) is 0 Å². The Labute approximate surface area is 72.1 Å². The quantitative estimate of drug-likeness (QED) is 0.588. The number of ether oxygens (including phenoxy) is 1. The van der Waals surface area contributed by atoms with Crippen molar-refractivity contribution < 1.29 is 21.2 Å². The van der Waals surface area contributed by atoms with Crippen LogP contribution in [0.4, 0.5) is 0 Å². The van der Waals surface area contributed by atoms with Crippen molar-refractivity contribution in [2.24, 2.45) is 5.92 Å². The molecule has 1 rings (SSSR count). The van der Waals surface area contributed by atoms with E-state index in [9.17, 15) is 0 Å². The molecule has 1 radical (unpaired) electrons. The van der Waals surface area contributed by atoms with Crippen LogP contribution in [0.3, 0.4) is 0 Å². The van der Waals surface area contributed by atoms with Gasteiger partial charge in [-0.3, -0.25) is 0 Å². The van der Waals surface area contributed by atoms with Crippen LogP contribution in [-0.4, -0.2) is 13.2 Å². The van der Waals surface area contributed by atoms with Crippen LogP contribution in [0, 0.1) is 12.8 Å². The molecular formula is C8H11NiO. The predicted octanol–water partition coefficient (Wildman–Crippen LogP) is 1.58. The fourth-order valence-electron chi connectivity index (χ4n) is 0.854. The van der Waals surface area contributed by atoms with Crippen molar-refractivity contribution in [3.63, 3.8) is 0 Å². The summed E-state index contributed by atoms with van der Waals surface area (Å²) >= 11 is 0. The monoisotopic (exact) mass is 181 g/mol. The minimum Gasteiger partial charge on any atom is -0.381 e. The summed E-state index contributed by atoms with van der Waals surface area (Å²) in [7, 11) is 1.68. The Morgan fingerprint density at radius 3 is 2.30 bits per heavy atom. The van der Waals surface area contributed by atoms with Gasteiger partial charge in [0, 0.05) is 29.5 Å². The average molecular weight is 182 g/mol. The van der Waals surface area contributed by atoms with Gasteiger partial charge in [-0.15, -0.1) is 0 Å². The van der Waals surface area contributed by atoms with E-state index in [1.54, 1.807) is 7.11 Å². The summed E-state index contributed by atoms with van der Waals surface area (Å²) in [5.41, 5.74) is 0. The maximum atomic E-state index is 5.02. The molecule has 0 heterocycles. The Balaban J connectivity index is 0.000000810. The Morgan fingerprint density at radius 2 is 1.90 bits per heavy atom. The first-order valence-corrected chi connectivity index (χ1v) is 3.05. The van der Waals surface area contributed by atoms with E-state index < -0.39 is 0 Å². The minimum atomic E-state index is 0. The standard InChI is InChI=1S/C8H11O.Ni/c1-7(9-2)8-5-3-4-6-8;/h3-8H,1H2,2H3;. The Bertz CT molecular complexity index is 128. The minimum absolute atomic E-state index is 0. The van der Waals surface area contributed by atoms with Gasteiger partial charge in [0.1, 0.15) is 0 Å². The largest absolute Gasteiger partial charge is 0.381 e. The second kappa shape index (κ2) is 4.70. The number of hydrogen-bond donors (Lipinski definition) is 0. The fourth-order valence-corrected chi connectivity index (χ4v) is 0.854. The molecule has 0 aromatic heterocycles. The molecule has 1 atom stereocenters. The third kappa shape index (κ3) is 2.28. The normalized spacial score (nSPS) is 19.0. The number of methoxy groups -OCH3 is 1. The maximum Gasteiger partial charge on any atom is 0.0669 e. The van der Waals surface area contributed by atoms with E-state index in [2.05, 4.69) is 19.1 Å². The van der Waals surface area contributed by atoms with E-state index in [0.717, 1.165) is 0 Å². The molecule has 1 aliphatic carbocycles. The van der Waals surface area contributed by atoms with E-state index in [0.29, 0.717) is 5.92 Å². The van der Waals surface area contributed by atoms with Gasteiger partial charge in [0.05, 0.1) is 6.10 Å². The van der Waals surface area contributed by atoms with Gasteiger partial charge in [-0.05, 0) is 6.92 Å². The SMILES string of the molecule is [CH2]C(OC)C1C=CC=C1.[Ni]. The van der Waals surface area contributed by atoms with Crippen molar-refractivity contribution in [3.05, 3.63) is 31.2 Å². The molecule has 1 aliphatic rings. The molecule has 1 nitrogen and oxygen atoms in total. The molecule has 0 saturated heterocycles. The van der Waals surface area contributed by atoms with Crippen LogP contribution in [0.15, 0.2) is 24.3 Å². The first kappa shape index (κ1) is 9.93. The smallest absolute Gasteiger partial charge is 0.0669 e. The Hall–Kier alpha value is -0.0665. The van der Waals surface area contributed by atoms with Crippen LogP contribution in [0.2, 0.25) is 0 Å². The topological polar surface area (TPSA) is 9.23 Å². The molecule has 0 aromatic carbocycles. The van der Waals surface area contributed by atoms with Gasteiger partial charge in [-0.1, -0.05) is 24.3 Å². The molecule has 10 heavy (non-hydrogen) atoms. The van der Waals surface area contributed by atoms with Crippen molar-refractivity contribution in [2.75, 3.05) is 7.11 Å². The molecule has 0 fully saturated rings. The zero-order valence-corrected chi connectivity index (χ0v) is 6.88. The molecule has 0 aliphatic heterocycles. The number of hydrogen-bond acceptors (Lipinski definition) is 1. The molecule has 0 amide bonds. The van der Waals surface area contributed by atoms with Gasteiger partial charge in [0.25, 0.3) is 0 Å². The van der Waals surface area contributed by atoms with E-state index >= 15 is 0 Å². The second-order valence-corrected chi connectivity index (χ2v) is 2.12. The molecule has 59 valence electrons. The van der Waals surface area contributed by atoms with E-state index in [1.807, 2.05) is 12.2 Å². The van der Waals surface area contributed by atoms with Crippen molar-refractivity contribution in [1.82, 2.24) is 0 Å². The van der Waals surface area contributed by atoms with Crippen molar-refractivity contribution in [3.8, 4) is 0 Å². The molecule has 0 spiro atoms. The molecule has 2 heteroatoms. The average Bonchev–Trinajstić information content (AvgIpc) is 2.37. The fraction of sp³-hybridized carbons (Fsp3) is 0.375. The summed E-state index contributed by atoms with van der Waals surface area (Å²) in [4.78, 5) is 0. The Morgan fingerprint density at radius 1 is 1.40 bits per heavy atom. The molecular weight excluding hydrogens is 171 g/mol. The van der Waals surface area contributed by atoms with E-state index in [1.165, 1.54) is 0 Å².